The maximum absolute atomic E-state index is 12.1. The number of thiazole rings is 1. The molecule has 114 valence electrons. The lowest BCUT2D eigenvalue weighted by Gasteiger charge is -2.26. The average Bonchev–Trinajstić information content (AvgIpc) is 2.87. The summed E-state index contributed by atoms with van der Waals surface area (Å²) in [6.07, 6.45) is 1.70. The van der Waals surface area contributed by atoms with Gasteiger partial charge < -0.3 is 15.8 Å². The van der Waals surface area contributed by atoms with Crippen molar-refractivity contribution in [3.05, 3.63) is 11.1 Å². The van der Waals surface area contributed by atoms with Gasteiger partial charge in [-0.3, -0.25) is 4.79 Å². The molecule has 5 nitrogen and oxygen atoms in total. The van der Waals surface area contributed by atoms with E-state index in [1.165, 1.54) is 11.3 Å². The fourth-order valence-electron chi connectivity index (χ4n) is 2.09. The Morgan fingerprint density at radius 2 is 2.15 bits per heavy atom. The van der Waals surface area contributed by atoms with Gasteiger partial charge in [0, 0.05) is 18.6 Å². The van der Waals surface area contributed by atoms with E-state index in [4.69, 9.17) is 10.5 Å². The zero-order valence-corrected chi connectivity index (χ0v) is 13.4. The molecular formula is C13H22ClN3O2S. The fourth-order valence-corrected chi connectivity index (χ4v) is 2.96. The summed E-state index contributed by atoms with van der Waals surface area (Å²) >= 11 is 1.45. The molecule has 7 heteroatoms. The molecule has 0 bridgehead atoms. The summed E-state index contributed by atoms with van der Waals surface area (Å²) in [6, 6.07) is -0.477. The number of aromatic nitrogens is 1. The van der Waals surface area contributed by atoms with Crippen LogP contribution in [0.25, 0.3) is 0 Å². The Hall–Kier alpha value is -0.690. The van der Waals surface area contributed by atoms with Gasteiger partial charge in [-0.05, 0) is 24.7 Å². The second-order valence-electron chi connectivity index (χ2n) is 5.20. The SMILES string of the molecule is CC(C)c1csc(NC(=O)C(N)C2CCOCC2)n1.Cl. The van der Waals surface area contributed by atoms with Crippen molar-refractivity contribution in [2.45, 2.75) is 38.6 Å². The summed E-state index contributed by atoms with van der Waals surface area (Å²) < 4.78 is 5.28. The zero-order chi connectivity index (χ0) is 13.8. The first-order chi connectivity index (χ1) is 9.08. The lowest BCUT2D eigenvalue weighted by Crippen LogP contribution is -2.44. The normalized spacial score (nSPS) is 17.6. The quantitative estimate of drug-likeness (QED) is 0.893. The molecule has 1 unspecified atom stereocenters. The van der Waals surface area contributed by atoms with E-state index in [2.05, 4.69) is 24.1 Å². The van der Waals surface area contributed by atoms with Crippen molar-refractivity contribution in [1.29, 1.82) is 0 Å². The average molecular weight is 320 g/mol. The van der Waals surface area contributed by atoms with Crippen molar-refractivity contribution >= 4 is 34.8 Å². The number of halogens is 1. The lowest BCUT2D eigenvalue weighted by atomic mass is 9.92. The molecule has 20 heavy (non-hydrogen) atoms. The molecule has 1 aliphatic heterocycles. The van der Waals surface area contributed by atoms with Crippen molar-refractivity contribution in [3.8, 4) is 0 Å². The second kappa shape index (κ2) is 7.93. The van der Waals surface area contributed by atoms with Crippen molar-refractivity contribution in [2.75, 3.05) is 18.5 Å². The van der Waals surface area contributed by atoms with Gasteiger partial charge in [-0.2, -0.15) is 0 Å². The number of rotatable bonds is 4. The summed E-state index contributed by atoms with van der Waals surface area (Å²) in [5.41, 5.74) is 7.02. The number of hydrogen-bond acceptors (Lipinski definition) is 5. The topological polar surface area (TPSA) is 77.2 Å². The van der Waals surface area contributed by atoms with Crippen LogP contribution in [0.5, 0.6) is 0 Å². The zero-order valence-electron chi connectivity index (χ0n) is 11.8. The molecule has 1 saturated heterocycles. The van der Waals surface area contributed by atoms with Gasteiger partial charge in [0.2, 0.25) is 5.91 Å². The van der Waals surface area contributed by atoms with Gasteiger partial charge in [-0.25, -0.2) is 4.98 Å². The number of ether oxygens (including phenoxy) is 1. The molecular weight excluding hydrogens is 298 g/mol. The summed E-state index contributed by atoms with van der Waals surface area (Å²) in [5, 5.41) is 5.42. The Morgan fingerprint density at radius 3 is 2.70 bits per heavy atom. The summed E-state index contributed by atoms with van der Waals surface area (Å²) in [5.74, 6) is 0.431. The van der Waals surface area contributed by atoms with Crippen molar-refractivity contribution in [3.63, 3.8) is 0 Å². The predicted molar refractivity (Wildman–Crippen MR) is 83.6 cm³/mol. The van der Waals surface area contributed by atoms with Gasteiger partial charge in [-0.15, -0.1) is 23.7 Å². The van der Waals surface area contributed by atoms with E-state index < -0.39 is 6.04 Å². The summed E-state index contributed by atoms with van der Waals surface area (Å²) in [7, 11) is 0. The first-order valence-corrected chi connectivity index (χ1v) is 7.55. The van der Waals surface area contributed by atoms with Gasteiger partial charge in [-0.1, -0.05) is 13.8 Å². The maximum Gasteiger partial charge on any atom is 0.243 e. The van der Waals surface area contributed by atoms with Gasteiger partial charge in [0.25, 0.3) is 0 Å². The van der Waals surface area contributed by atoms with E-state index >= 15 is 0 Å². The number of nitrogens with zero attached hydrogens (tertiary/aromatic N) is 1. The predicted octanol–water partition coefficient (Wildman–Crippen LogP) is 2.38. The minimum absolute atomic E-state index is 0. The molecule has 0 saturated carbocycles. The third-order valence-electron chi connectivity index (χ3n) is 3.42. The van der Waals surface area contributed by atoms with E-state index in [1.807, 2.05) is 5.38 Å². The van der Waals surface area contributed by atoms with E-state index in [9.17, 15) is 4.79 Å². The van der Waals surface area contributed by atoms with E-state index in [-0.39, 0.29) is 24.2 Å². The van der Waals surface area contributed by atoms with Crippen LogP contribution in [0, 0.1) is 5.92 Å². The van der Waals surface area contributed by atoms with Crippen LogP contribution in [-0.2, 0) is 9.53 Å². The van der Waals surface area contributed by atoms with Crippen LogP contribution in [0.1, 0.15) is 38.3 Å². The summed E-state index contributed by atoms with van der Waals surface area (Å²) in [4.78, 5) is 16.5. The molecule has 3 N–H and O–H groups in total. The molecule has 1 amide bonds. The van der Waals surface area contributed by atoms with Crippen LogP contribution >= 0.6 is 23.7 Å². The Labute approximate surface area is 129 Å². The molecule has 1 aromatic heterocycles. The monoisotopic (exact) mass is 319 g/mol. The number of anilines is 1. The highest BCUT2D eigenvalue weighted by Gasteiger charge is 2.27. The van der Waals surface area contributed by atoms with E-state index in [1.54, 1.807) is 0 Å². The molecule has 0 aliphatic carbocycles. The van der Waals surface area contributed by atoms with Gasteiger partial charge >= 0.3 is 0 Å². The van der Waals surface area contributed by atoms with Crippen LogP contribution in [0.2, 0.25) is 0 Å². The second-order valence-corrected chi connectivity index (χ2v) is 6.06. The number of nitrogens with one attached hydrogen (secondary N) is 1. The van der Waals surface area contributed by atoms with E-state index in [0.29, 0.717) is 24.3 Å². The van der Waals surface area contributed by atoms with E-state index in [0.717, 1.165) is 18.5 Å². The molecule has 1 aromatic rings. The Morgan fingerprint density at radius 1 is 1.50 bits per heavy atom. The lowest BCUT2D eigenvalue weighted by molar-refractivity contribution is -0.119. The molecule has 1 aliphatic rings. The number of hydrogen-bond donors (Lipinski definition) is 2. The Bertz CT molecular complexity index is 433. The van der Waals surface area contributed by atoms with Crippen LogP contribution in [0.15, 0.2) is 5.38 Å². The van der Waals surface area contributed by atoms with Crippen LogP contribution in [0.3, 0.4) is 0 Å². The Kier molecular flexibility index (Phi) is 6.88. The molecule has 1 fully saturated rings. The number of nitrogens with two attached hydrogens (primary N) is 1. The molecule has 0 aromatic carbocycles. The number of carbonyl (C=O) groups excluding carboxylic acids is 1. The maximum atomic E-state index is 12.1. The smallest absolute Gasteiger partial charge is 0.243 e. The minimum atomic E-state index is -0.477. The highest BCUT2D eigenvalue weighted by molar-refractivity contribution is 7.13. The molecule has 2 rings (SSSR count). The van der Waals surface area contributed by atoms with Crippen molar-refractivity contribution in [2.24, 2.45) is 11.7 Å². The highest BCUT2D eigenvalue weighted by atomic mass is 35.5. The van der Waals surface area contributed by atoms with Gasteiger partial charge in [0.15, 0.2) is 5.13 Å². The Balaban J connectivity index is 0.00000200. The standard InChI is InChI=1S/C13H21N3O2S.ClH/c1-8(2)10-7-19-13(15-10)16-12(17)11(14)9-3-5-18-6-4-9;/h7-9,11H,3-6,14H2,1-2H3,(H,15,16,17);1H. The largest absolute Gasteiger partial charge is 0.381 e. The number of amides is 1. The van der Waals surface area contributed by atoms with Gasteiger partial charge in [0.1, 0.15) is 0 Å². The van der Waals surface area contributed by atoms with Crippen LogP contribution in [-0.4, -0.2) is 30.1 Å². The van der Waals surface area contributed by atoms with Crippen molar-refractivity contribution < 1.29 is 9.53 Å². The van der Waals surface area contributed by atoms with Gasteiger partial charge in [0.05, 0.1) is 11.7 Å². The molecule has 1 atom stereocenters. The number of carbonyl (C=O) groups is 1. The van der Waals surface area contributed by atoms with Crippen LogP contribution < -0.4 is 11.1 Å². The highest BCUT2D eigenvalue weighted by Crippen LogP contribution is 2.23. The third-order valence-corrected chi connectivity index (χ3v) is 4.20. The minimum Gasteiger partial charge on any atom is -0.381 e. The molecule has 2 heterocycles. The summed E-state index contributed by atoms with van der Waals surface area (Å²) in [6.45, 7) is 5.55. The third kappa shape index (κ3) is 4.41. The van der Waals surface area contributed by atoms with Crippen LogP contribution in [0.4, 0.5) is 5.13 Å². The molecule has 0 spiro atoms. The van der Waals surface area contributed by atoms with Crippen molar-refractivity contribution in [1.82, 2.24) is 4.98 Å². The fraction of sp³-hybridized carbons (Fsp3) is 0.692. The first-order valence-electron chi connectivity index (χ1n) is 6.67. The molecule has 0 radical (unpaired) electrons. The first kappa shape index (κ1) is 17.4.